The Labute approximate surface area is 511 Å². The van der Waals surface area contributed by atoms with Crippen LogP contribution in [-0.4, -0.2) is 80.2 Å². The van der Waals surface area contributed by atoms with Crippen LogP contribution < -0.4 is 30.6 Å². The normalized spacial score (nSPS) is 10.8. The second kappa shape index (κ2) is 39.6. The summed E-state index contributed by atoms with van der Waals surface area (Å²) in [5.41, 5.74) is 4.94. The SMILES string of the molecule is CO.CO.Cc1ccc([O-])c(/C=N/N=C(\[O-])c2cnccn2)c1.Cc1ccc([O-])c(/C=N/N=C(\[O-])c2cnccn2)c1.O=C(/C=C(\[O-])c1ccccc1)c1ccccc1.O=C(/C=C(\[O-])c1ccccc1)c1ccccc1.[Ho+3].[Ho+3]. The predicted molar refractivity (Wildman–Crippen MR) is 280 cm³/mol. The summed E-state index contributed by atoms with van der Waals surface area (Å²) >= 11 is 0. The van der Waals surface area contributed by atoms with E-state index in [-0.39, 0.29) is 121 Å². The third-order valence-electron chi connectivity index (χ3n) is 9.34. The van der Waals surface area contributed by atoms with Gasteiger partial charge in [0.1, 0.15) is 0 Å². The minimum atomic E-state index is -0.607. The first kappa shape index (κ1) is 68.2. The van der Waals surface area contributed by atoms with Crippen LogP contribution in [0.1, 0.15) is 65.5 Å². The van der Waals surface area contributed by atoms with Crippen molar-refractivity contribution in [2.75, 3.05) is 14.2 Å². The molecule has 0 saturated heterocycles. The molecule has 2 heterocycles. The molecule has 0 unspecified atom stereocenters. The molecule has 8 aromatic rings. The zero-order chi connectivity index (χ0) is 55.5. The van der Waals surface area contributed by atoms with Gasteiger partial charge < -0.3 is 40.9 Å². The van der Waals surface area contributed by atoms with Gasteiger partial charge in [-0.25, -0.2) is 0 Å². The Morgan fingerprint density at radius 3 is 1.05 bits per heavy atom. The van der Waals surface area contributed by atoms with E-state index in [4.69, 9.17) is 10.2 Å². The van der Waals surface area contributed by atoms with Crippen LogP contribution in [0.4, 0.5) is 0 Å². The van der Waals surface area contributed by atoms with Gasteiger partial charge in [-0.3, -0.25) is 29.5 Å². The summed E-state index contributed by atoms with van der Waals surface area (Å²) in [5, 5.41) is 97.6. The number of ketones is 2. The fraction of sp³-hybridized carbons (Fsp3) is 0.0690. The molecule has 0 saturated carbocycles. The first-order chi connectivity index (χ1) is 36.9. The van der Waals surface area contributed by atoms with Crippen molar-refractivity contribution in [2.45, 2.75) is 13.8 Å². The molecular formula is C58H50Ho2N8O10. The minimum absolute atomic E-state index is 0. The van der Waals surface area contributed by atoms with E-state index in [1.807, 2.05) is 38.1 Å². The fourth-order valence-corrected chi connectivity index (χ4v) is 5.73. The molecule has 0 aliphatic heterocycles. The summed E-state index contributed by atoms with van der Waals surface area (Å²) in [6.45, 7) is 3.72. The third kappa shape index (κ3) is 25.4. The Balaban J connectivity index is 0.000000505. The van der Waals surface area contributed by atoms with Gasteiger partial charge in [0.15, 0.2) is 11.6 Å². The summed E-state index contributed by atoms with van der Waals surface area (Å²) in [6, 6.07) is 44.7. The molecule has 0 radical (unpaired) electrons. The average molecular weight is 1350 g/mol. The van der Waals surface area contributed by atoms with Gasteiger partial charge in [0.05, 0.1) is 36.2 Å². The number of rotatable bonds is 12. The first-order valence-corrected chi connectivity index (χ1v) is 22.5. The van der Waals surface area contributed by atoms with Crippen LogP contribution in [0.5, 0.6) is 11.5 Å². The van der Waals surface area contributed by atoms with Crippen LogP contribution in [0.15, 0.2) is 227 Å². The number of carbonyl (C=O) groups excluding carboxylic acids is 2. The smallest absolute Gasteiger partial charge is 0.872 e. The molecule has 78 heavy (non-hydrogen) atoms. The Kier molecular flexibility index (Phi) is 34.6. The van der Waals surface area contributed by atoms with Crippen LogP contribution in [-0.2, 0) is 0 Å². The van der Waals surface area contributed by atoms with Crippen molar-refractivity contribution >= 4 is 47.3 Å². The largest absolute Gasteiger partial charge is 3.00 e. The molecule has 0 fully saturated rings. The molecule has 2 aromatic heterocycles. The zero-order valence-electron chi connectivity index (χ0n) is 42.1. The van der Waals surface area contributed by atoms with Crippen LogP contribution in [0.2, 0.25) is 0 Å². The zero-order valence-corrected chi connectivity index (χ0v) is 46.0. The molecule has 8 rings (SSSR count). The molecular weight excluding hydrogens is 1300 g/mol. The maximum absolute atomic E-state index is 11.8. The molecule has 20 heteroatoms. The quantitative estimate of drug-likeness (QED) is 0.0335. The van der Waals surface area contributed by atoms with Crippen LogP contribution in [0.25, 0.3) is 11.5 Å². The van der Waals surface area contributed by atoms with Gasteiger partial charge in [-0.05, 0) is 48.3 Å². The summed E-state index contributed by atoms with van der Waals surface area (Å²) in [4.78, 5) is 38.6. The van der Waals surface area contributed by atoms with E-state index in [9.17, 15) is 40.2 Å². The Bertz CT molecular complexity index is 2980. The molecule has 0 aliphatic carbocycles. The summed E-state index contributed by atoms with van der Waals surface area (Å²) < 4.78 is 0. The van der Waals surface area contributed by atoms with E-state index in [2.05, 4.69) is 40.3 Å². The van der Waals surface area contributed by atoms with Gasteiger partial charge in [0.25, 0.3) is 0 Å². The van der Waals surface area contributed by atoms with E-state index < -0.39 is 11.8 Å². The van der Waals surface area contributed by atoms with Gasteiger partial charge in [0.2, 0.25) is 0 Å². The maximum Gasteiger partial charge on any atom is 3.00 e. The van der Waals surface area contributed by atoms with Gasteiger partial charge in [-0.1, -0.05) is 192 Å². The monoisotopic (exact) mass is 1350 g/mol. The molecule has 0 amide bonds. The number of carbonyl (C=O) groups is 2. The van der Waals surface area contributed by atoms with Crippen molar-refractivity contribution in [2.24, 2.45) is 20.4 Å². The number of aryl methyl sites for hydroxylation is 2. The van der Waals surface area contributed by atoms with Crippen molar-refractivity contribution in [3.8, 4) is 11.5 Å². The number of aliphatic hydroxyl groups excluding tert-OH is 2. The molecule has 0 atom stereocenters. The van der Waals surface area contributed by atoms with Gasteiger partial charge in [-0.2, -0.15) is 20.4 Å². The average Bonchev–Trinajstić information content (AvgIpc) is 3.47. The number of nitrogens with zero attached hydrogens (tertiary/aromatic N) is 8. The number of benzene rings is 6. The van der Waals surface area contributed by atoms with Gasteiger partial charge in [0, 0.05) is 61.9 Å². The van der Waals surface area contributed by atoms with Crippen molar-refractivity contribution in [1.29, 1.82) is 0 Å². The van der Waals surface area contributed by atoms with Crippen molar-refractivity contribution in [3.63, 3.8) is 0 Å². The van der Waals surface area contributed by atoms with Crippen LogP contribution in [0, 0.1) is 89.3 Å². The fourth-order valence-electron chi connectivity index (χ4n) is 5.73. The number of hydrogen-bond donors (Lipinski definition) is 2. The summed E-state index contributed by atoms with van der Waals surface area (Å²) in [5.74, 6) is -2.61. The van der Waals surface area contributed by atoms with E-state index in [1.165, 1.54) is 61.7 Å². The van der Waals surface area contributed by atoms with Crippen molar-refractivity contribution in [1.82, 2.24) is 19.9 Å². The molecule has 0 bridgehead atoms. The topological polar surface area (TPSA) is 314 Å². The van der Waals surface area contributed by atoms with Crippen LogP contribution >= 0.6 is 0 Å². The third-order valence-corrected chi connectivity index (χ3v) is 9.34. The maximum atomic E-state index is 11.8. The summed E-state index contributed by atoms with van der Waals surface area (Å²) in [7, 11) is 2.00. The predicted octanol–water partition coefficient (Wildman–Crippen LogP) is 3.76. The van der Waals surface area contributed by atoms with E-state index in [1.54, 1.807) is 121 Å². The Hall–Kier alpha value is -7.78. The number of aliphatic hydroxyl groups is 2. The standard InChI is InChI=1S/2C15H12O2.2C13H12N4O2.2CH4O.2Ho/c2*16-14(12-7-3-1-4-8-12)11-15(17)13-9-5-2-6-10-13;2*1-9-2-3-12(18)10(6-9)7-16-17-13(19)11-8-14-4-5-15-11;2*1-2;;/h2*1-11,16H;2*2-8,18H,1H3,(H,17,19);2*2H,1H3;;/q;;;;;;2*+3/p-6/b2*14-11-;2*16-7+;;;;. The second-order valence-corrected chi connectivity index (χ2v) is 14.8. The molecule has 6 aromatic carbocycles. The van der Waals surface area contributed by atoms with Crippen molar-refractivity contribution < 1.29 is 126 Å². The van der Waals surface area contributed by atoms with Gasteiger partial charge >= 0.3 is 75.5 Å². The Morgan fingerprint density at radius 1 is 0.449 bits per heavy atom. The molecule has 0 aliphatic rings. The molecule has 0 spiro atoms. The molecule has 18 nitrogen and oxygen atoms in total. The van der Waals surface area contributed by atoms with Crippen LogP contribution in [0.3, 0.4) is 0 Å². The first-order valence-electron chi connectivity index (χ1n) is 22.5. The number of allylic oxidation sites excluding steroid dienone is 2. The minimum Gasteiger partial charge on any atom is -0.872 e. The molecule has 404 valence electrons. The van der Waals surface area contributed by atoms with E-state index in [0.717, 1.165) is 37.5 Å². The second-order valence-electron chi connectivity index (χ2n) is 14.8. The Morgan fingerprint density at radius 2 is 0.756 bits per heavy atom. The number of aromatic nitrogens is 4. The molecule has 2 N–H and O–H groups in total. The number of hydrogen-bond acceptors (Lipinski definition) is 18. The van der Waals surface area contributed by atoms with Crippen molar-refractivity contribution in [3.05, 3.63) is 263 Å². The van der Waals surface area contributed by atoms with Gasteiger partial charge in [-0.15, -0.1) is 0 Å². The summed E-state index contributed by atoms with van der Waals surface area (Å²) in [6.07, 6.45) is 13.1. The van der Waals surface area contributed by atoms with E-state index in [0.29, 0.717) is 33.4 Å². The van der Waals surface area contributed by atoms with E-state index >= 15 is 0 Å².